The average molecular weight is 372 g/mol. The van der Waals surface area contributed by atoms with Crippen molar-refractivity contribution in [2.45, 2.75) is 52.6 Å². The zero-order valence-electron chi connectivity index (χ0n) is 15.8. The van der Waals surface area contributed by atoms with Crippen molar-refractivity contribution in [3.63, 3.8) is 0 Å². The molecule has 1 N–H and O–H groups in total. The minimum absolute atomic E-state index is 0.00411. The van der Waals surface area contributed by atoms with Gasteiger partial charge >= 0.3 is 0 Å². The highest BCUT2D eigenvalue weighted by Gasteiger charge is 2.24. The van der Waals surface area contributed by atoms with Crippen LogP contribution in [0.1, 0.15) is 54.1 Å². The average Bonchev–Trinajstić information content (AvgIpc) is 3.16. The Balaban J connectivity index is 1.65. The number of aromatic nitrogens is 2. The Morgan fingerprint density at radius 1 is 1.46 bits per heavy atom. The van der Waals surface area contributed by atoms with Crippen LogP contribution >= 0.6 is 11.3 Å². The standard InChI is InChI=1S/C20H25N3O2S/c1-11-5-8-15-16(9-11)26-20-17(15)19(24)21-18(22-20)13(3)23(4)10-14-7-6-12(2)25-14/h6-7,11,13H,5,8-10H2,1-4H3,(H,21,22,24)/t11-,13-/m1/s1. The Hall–Kier alpha value is -1.92. The van der Waals surface area contributed by atoms with Crippen LogP contribution in [0.4, 0.5) is 0 Å². The second kappa shape index (κ2) is 6.67. The molecule has 5 nitrogen and oxygen atoms in total. The molecule has 0 amide bonds. The summed E-state index contributed by atoms with van der Waals surface area (Å²) in [6, 6.07) is 3.96. The minimum Gasteiger partial charge on any atom is -0.465 e. The van der Waals surface area contributed by atoms with Crippen molar-refractivity contribution in [3.8, 4) is 0 Å². The summed E-state index contributed by atoms with van der Waals surface area (Å²) in [7, 11) is 2.02. The van der Waals surface area contributed by atoms with Gasteiger partial charge in [-0.15, -0.1) is 11.3 Å². The third kappa shape index (κ3) is 3.12. The molecule has 6 heteroatoms. The van der Waals surface area contributed by atoms with Crippen LogP contribution in [0.3, 0.4) is 0 Å². The summed E-state index contributed by atoms with van der Waals surface area (Å²) in [6.45, 7) is 6.97. The van der Waals surface area contributed by atoms with E-state index in [0.29, 0.717) is 12.5 Å². The minimum atomic E-state index is -0.00411. The second-order valence-corrected chi connectivity index (χ2v) is 8.67. The molecular weight excluding hydrogens is 346 g/mol. The van der Waals surface area contributed by atoms with E-state index < -0.39 is 0 Å². The molecule has 3 aromatic rings. The quantitative estimate of drug-likeness (QED) is 0.746. The number of fused-ring (bicyclic) bond motifs is 3. The Labute approximate surface area is 157 Å². The molecule has 0 fully saturated rings. The number of aryl methyl sites for hydroxylation is 2. The molecule has 26 heavy (non-hydrogen) atoms. The van der Waals surface area contributed by atoms with E-state index in [1.165, 1.54) is 10.4 Å². The zero-order chi connectivity index (χ0) is 18.4. The molecular formula is C20H25N3O2S. The van der Waals surface area contributed by atoms with Crippen molar-refractivity contribution in [2.24, 2.45) is 5.92 Å². The van der Waals surface area contributed by atoms with Crippen LogP contribution < -0.4 is 5.56 Å². The van der Waals surface area contributed by atoms with Crippen molar-refractivity contribution in [2.75, 3.05) is 7.05 Å². The first-order valence-corrected chi connectivity index (χ1v) is 10.0. The number of nitrogens with one attached hydrogen (secondary N) is 1. The number of nitrogens with zero attached hydrogens (tertiary/aromatic N) is 2. The number of hydrogen-bond acceptors (Lipinski definition) is 5. The highest BCUT2D eigenvalue weighted by Crippen LogP contribution is 2.36. The number of rotatable bonds is 4. The number of H-pyrrole nitrogens is 1. The van der Waals surface area contributed by atoms with Crippen LogP contribution in [0, 0.1) is 12.8 Å². The third-order valence-corrected chi connectivity index (χ3v) is 6.59. The van der Waals surface area contributed by atoms with Gasteiger partial charge in [0.2, 0.25) is 0 Å². The summed E-state index contributed by atoms with van der Waals surface area (Å²) in [5.41, 5.74) is 1.24. The van der Waals surface area contributed by atoms with Crippen LogP contribution in [0.2, 0.25) is 0 Å². The molecule has 0 bridgehead atoms. The van der Waals surface area contributed by atoms with E-state index in [1.807, 2.05) is 26.1 Å². The molecule has 0 saturated carbocycles. The highest BCUT2D eigenvalue weighted by molar-refractivity contribution is 7.18. The number of aromatic amines is 1. The zero-order valence-corrected chi connectivity index (χ0v) is 16.6. The van der Waals surface area contributed by atoms with Gasteiger partial charge in [-0.25, -0.2) is 4.98 Å². The largest absolute Gasteiger partial charge is 0.465 e. The number of hydrogen-bond donors (Lipinski definition) is 1. The van der Waals surface area contributed by atoms with E-state index in [9.17, 15) is 4.79 Å². The summed E-state index contributed by atoms with van der Waals surface area (Å²) in [5.74, 6) is 3.24. The van der Waals surface area contributed by atoms with Gasteiger partial charge in [0.25, 0.3) is 5.56 Å². The molecule has 4 rings (SSSR count). The number of thiophene rings is 1. The first kappa shape index (κ1) is 17.5. The van der Waals surface area contributed by atoms with Crippen molar-refractivity contribution in [1.82, 2.24) is 14.9 Å². The Morgan fingerprint density at radius 2 is 2.27 bits per heavy atom. The maximum Gasteiger partial charge on any atom is 0.259 e. The van der Waals surface area contributed by atoms with E-state index in [-0.39, 0.29) is 11.6 Å². The summed E-state index contributed by atoms with van der Waals surface area (Å²) in [6.07, 6.45) is 3.22. The lowest BCUT2D eigenvalue weighted by molar-refractivity contribution is 0.223. The van der Waals surface area contributed by atoms with Crippen LogP contribution in [0.25, 0.3) is 10.2 Å². The topological polar surface area (TPSA) is 62.1 Å². The number of furan rings is 1. The summed E-state index contributed by atoms with van der Waals surface area (Å²) in [5, 5.41) is 0.817. The second-order valence-electron chi connectivity index (χ2n) is 7.59. The SMILES string of the molecule is Cc1ccc(CN(C)[C@H](C)c2nc3sc4c(c3c(=O)[nH]2)CC[C@@H](C)C4)o1. The normalized spacial score (nSPS) is 18.4. The molecule has 3 aromatic heterocycles. The molecule has 0 aliphatic heterocycles. The fourth-order valence-electron chi connectivity index (χ4n) is 3.72. The molecule has 0 radical (unpaired) electrons. The predicted molar refractivity (Wildman–Crippen MR) is 105 cm³/mol. The van der Waals surface area contributed by atoms with Gasteiger partial charge in [0.1, 0.15) is 22.2 Å². The van der Waals surface area contributed by atoms with Gasteiger partial charge in [-0.3, -0.25) is 9.69 Å². The molecule has 0 aromatic carbocycles. The first-order chi connectivity index (χ1) is 12.4. The Bertz CT molecular complexity index is 1000. The summed E-state index contributed by atoms with van der Waals surface area (Å²) < 4.78 is 5.67. The molecule has 138 valence electrons. The summed E-state index contributed by atoms with van der Waals surface area (Å²) >= 11 is 1.70. The lowest BCUT2D eigenvalue weighted by Gasteiger charge is -2.22. The first-order valence-electron chi connectivity index (χ1n) is 9.22. The van der Waals surface area contributed by atoms with Crippen molar-refractivity contribution < 1.29 is 4.42 Å². The van der Waals surface area contributed by atoms with Gasteiger partial charge in [0, 0.05) is 4.88 Å². The molecule has 2 atom stereocenters. The van der Waals surface area contributed by atoms with Crippen molar-refractivity contribution >= 4 is 21.6 Å². The molecule has 0 unspecified atom stereocenters. The molecule has 0 saturated heterocycles. The maximum absolute atomic E-state index is 12.8. The smallest absolute Gasteiger partial charge is 0.259 e. The van der Waals surface area contributed by atoms with E-state index >= 15 is 0 Å². The molecule has 1 aliphatic rings. The van der Waals surface area contributed by atoms with E-state index in [2.05, 4.69) is 23.7 Å². The van der Waals surface area contributed by atoms with Crippen LogP contribution in [-0.4, -0.2) is 21.9 Å². The van der Waals surface area contributed by atoms with E-state index in [1.54, 1.807) is 11.3 Å². The van der Waals surface area contributed by atoms with Gasteiger partial charge < -0.3 is 9.40 Å². The van der Waals surface area contributed by atoms with Gasteiger partial charge in [0.15, 0.2) is 0 Å². The fourth-order valence-corrected chi connectivity index (χ4v) is 5.12. The summed E-state index contributed by atoms with van der Waals surface area (Å²) in [4.78, 5) is 25.0. The van der Waals surface area contributed by atoms with Gasteiger partial charge in [-0.05, 0) is 63.8 Å². The van der Waals surface area contributed by atoms with Gasteiger partial charge in [-0.1, -0.05) is 6.92 Å². The Morgan fingerprint density at radius 3 is 3.00 bits per heavy atom. The van der Waals surface area contributed by atoms with E-state index in [4.69, 9.17) is 9.40 Å². The van der Waals surface area contributed by atoms with Crippen LogP contribution in [-0.2, 0) is 19.4 Å². The lowest BCUT2D eigenvalue weighted by Crippen LogP contribution is -2.25. The van der Waals surface area contributed by atoms with Crippen LogP contribution in [0.15, 0.2) is 21.3 Å². The van der Waals surface area contributed by atoms with Gasteiger partial charge in [0.05, 0.1) is 18.0 Å². The van der Waals surface area contributed by atoms with Crippen molar-refractivity contribution in [3.05, 3.63) is 50.3 Å². The van der Waals surface area contributed by atoms with Crippen LogP contribution in [0.5, 0.6) is 0 Å². The lowest BCUT2D eigenvalue weighted by atomic mass is 9.89. The predicted octanol–water partition coefficient (Wildman–Crippen LogP) is 4.20. The monoisotopic (exact) mass is 371 g/mol. The van der Waals surface area contributed by atoms with Gasteiger partial charge in [-0.2, -0.15) is 0 Å². The highest BCUT2D eigenvalue weighted by atomic mass is 32.1. The Kier molecular flexibility index (Phi) is 4.49. The maximum atomic E-state index is 12.8. The molecule has 3 heterocycles. The molecule has 1 aliphatic carbocycles. The third-order valence-electron chi connectivity index (χ3n) is 5.44. The fraction of sp³-hybridized carbons (Fsp3) is 0.500. The molecule has 0 spiro atoms. The van der Waals surface area contributed by atoms with Crippen molar-refractivity contribution in [1.29, 1.82) is 0 Å². The van der Waals surface area contributed by atoms with E-state index in [0.717, 1.165) is 46.8 Å².